The number of unbranched alkanes of at least 4 members (excludes halogenated alkanes) is 2. The van der Waals surface area contributed by atoms with Crippen molar-refractivity contribution in [2.75, 3.05) is 30.8 Å². The van der Waals surface area contributed by atoms with Gasteiger partial charge in [-0.25, -0.2) is 8.42 Å². The van der Waals surface area contributed by atoms with Crippen molar-refractivity contribution >= 4 is 33.2 Å². The van der Waals surface area contributed by atoms with E-state index in [1.165, 1.54) is 17.5 Å². The Hall–Kier alpha value is -1.47. The first-order valence-corrected chi connectivity index (χ1v) is 10.1. The van der Waals surface area contributed by atoms with Crippen LogP contribution in [0, 0.1) is 0 Å². The van der Waals surface area contributed by atoms with E-state index in [2.05, 4.69) is 12.2 Å². The summed E-state index contributed by atoms with van der Waals surface area (Å²) < 4.78 is 30.3. The fraction of sp³-hybridized carbons (Fsp3) is 0.562. The van der Waals surface area contributed by atoms with Crippen LogP contribution < -0.4 is 14.4 Å². The molecule has 1 aromatic rings. The second-order valence-corrected chi connectivity index (χ2v) is 7.78. The van der Waals surface area contributed by atoms with E-state index < -0.39 is 10.0 Å². The first-order chi connectivity index (χ1) is 11.3. The van der Waals surface area contributed by atoms with E-state index in [9.17, 15) is 13.2 Å². The maximum Gasteiger partial charge on any atom is 0.232 e. The van der Waals surface area contributed by atoms with E-state index in [4.69, 9.17) is 16.3 Å². The third-order valence-electron chi connectivity index (χ3n) is 3.47. The molecule has 0 heterocycles. The van der Waals surface area contributed by atoms with E-state index in [1.54, 1.807) is 12.1 Å². The highest BCUT2D eigenvalue weighted by Crippen LogP contribution is 2.30. The number of amides is 1. The zero-order valence-electron chi connectivity index (χ0n) is 14.3. The van der Waals surface area contributed by atoms with Crippen molar-refractivity contribution in [1.82, 2.24) is 5.32 Å². The third-order valence-corrected chi connectivity index (χ3v) is 4.96. The molecule has 136 valence electrons. The second kappa shape index (κ2) is 9.74. The molecule has 0 fully saturated rings. The van der Waals surface area contributed by atoms with Gasteiger partial charge in [0.05, 0.1) is 24.1 Å². The molecule has 1 rings (SSSR count). The van der Waals surface area contributed by atoms with Gasteiger partial charge in [-0.2, -0.15) is 0 Å². The number of carbonyl (C=O) groups excluding carboxylic acids is 1. The minimum atomic E-state index is -3.53. The van der Waals surface area contributed by atoms with Crippen LogP contribution in [0.4, 0.5) is 5.69 Å². The smallest absolute Gasteiger partial charge is 0.232 e. The van der Waals surface area contributed by atoms with E-state index in [1.807, 2.05) is 0 Å². The summed E-state index contributed by atoms with van der Waals surface area (Å²) in [4.78, 5) is 11.9. The summed E-state index contributed by atoms with van der Waals surface area (Å²) in [5.41, 5.74) is 0.405. The fourth-order valence-electron chi connectivity index (χ4n) is 2.19. The highest BCUT2D eigenvalue weighted by Gasteiger charge is 2.19. The first-order valence-electron chi connectivity index (χ1n) is 7.87. The average Bonchev–Trinajstić information content (AvgIpc) is 2.50. The molecule has 6 nitrogen and oxygen atoms in total. The number of ether oxygens (including phenoxy) is 1. The first kappa shape index (κ1) is 20.6. The number of carbonyl (C=O) groups is 1. The number of anilines is 1. The van der Waals surface area contributed by atoms with Gasteiger partial charge in [0, 0.05) is 19.5 Å². The Morgan fingerprint density at radius 3 is 2.58 bits per heavy atom. The van der Waals surface area contributed by atoms with Crippen molar-refractivity contribution in [2.45, 2.75) is 32.6 Å². The van der Waals surface area contributed by atoms with Crippen molar-refractivity contribution in [3.63, 3.8) is 0 Å². The number of halogens is 1. The molecular formula is C16H25ClN2O4S. The van der Waals surface area contributed by atoms with Crippen molar-refractivity contribution in [3.05, 3.63) is 23.2 Å². The summed E-state index contributed by atoms with van der Waals surface area (Å²) in [6, 6.07) is 4.71. The number of hydrogen-bond acceptors (Lipinski definition) is 4. The van der Waals surface area contributed by atoms with Gasteiger partial charge >= 0.3 is 0 Å². The van der Waals surface area contributed by atoms with Crippen LogP contribution in [0.3, 0.4) is 0 Å². The van der Waals surface area contributed by atoms with Crippen molar-refractivity contribution in [2.24, 2.45) is 0 Å². The lowest BCUT2D eigenvalue weighted by Gasteiger charge is -2.22. The van der Waals surface area contributed by atoms with Gasteiger partial charge in [0.1, 0.15) is 5.75 Å². The summed E-state index contributed by atoms with van der Waals surface area (Å²) in [5.74, 6) is 0.293. The number of nitrogens with one attached hydrogen (secondary N) is 1. The second-order valence-electron chi connectivity index (χ2n) is 5.46. The van der Waals surface area contributed by atoms with Crippen LogP contribution in [0.5, 0.6) is 5.75 Å². The van der Waals surface area contributed by atoms with Crippen LogP contribution in [0.15, 0.2) is 18.2 Å². The molecule has 0 atom stereocenters. The molecule has 0 saturated heterocycles. The Balaban J connectivity index is 2.74. The molecule has 0 aromatic heterocycles. The van der Waals surface area contributed by atoms with Gasteiger partial charge in [-0.15, -0.1) is 0 Å². The number of benzene rings is 1. The Morgan fingerprint density at radius 1 is 1.33 bits per heavy atom. The standard InChI is InChI=1S/C16H25ClN2O4S/c1-4-5-6-10-18-16(20)9-11-19(24(3,21)22)13-7-8-15(23-2)14(17)12-13/h7-8,12H,4-6,9-11H2,1-3H3,(H,18,20). The van der Waals surface area contributed by atoms with Crippen LogP contribution in [-0.4, -0.2) is 40.8 Å². The summed E-state index contributed by atoms with van der Waals surface area (Å²) >= 11 is 6.06. The lowest BCUT2D eigenvalue weighted by Crippen LogP contribution is -2.34. The molecule has 0 aliphatic carbocycles. The Labute approximate surface area is 149 Å². The topological polar surface area (TPSA) is 75.7 Å². The highest BCUT2D eigenvalue weighted by atomic mass is 35.5. The number of nitrogens with zero attached hydrogens (tertiary/aromatic N) is 1. The molecule has 1 aromatic carbocycles. The van der Waals surface area contributed by atoms with Gasteiger partial charge in [-0.3, -0.25) is 9.10 Å². The van der Waals surface area contributed by atoms with Crippen LogP contribution in [0.2, 0.25) is 5.02 Å². The minimum Gasteiger partial charge on any atom is -0.495 e. The van der Waals surface area contributed by atoms with Gasteiger partial charge in [-0.1, -0.05) is 31.4 Å². The molecule has 0 bridgehead atoms. The molecule has 0 radical (unpaired) electrons. The largest absolute Gasteiger partial charge is 0.495 e. The monoisotopic (exact) mass is 376 g/mol. The summed E-state index contributed by atoms with van der Waals surface area (Å²) in [5, 5.41) is 3.11. The minimum absolute atomic E-state index is 0.0566. The van der Waals surface area contributed by atoms with Crippen LogP contribution in [-0.2, 0) is 14.8 Å². The SMILES string of the molecule is CCCCCNC(=O)CCN(c1ccc(OC)c(Cl)c1)S(C)(=O)=O. The van der Waals surface area contributed by atoms with Crippen LogP contribution in [0.25, 0.3) is 0 Å². The van der Waals surface area contributed by atoms with E-state index >= 15 is 0 Å². The fourth-order valence-corrected chi connectivity index (χ4v) is 3.36. The zero-order valence-corrected chi connectivity index (χ0v) is 15.9. The van der Waals surface area contributed by atoms with Crippen molar-refractivity contribution < 1.29 is 17.9 Å². The van der Waals surface area contributed by atoms with Gasteiger partial charge in [-0.05, 0) is 24.6 Å². The van der Waals surface area contributed by atoms with Crippen molar-refractivity contribution in [3.8, 4) is 5.75 Å². The molecule has 1 amide bonds. The van der Waals surface area contributed by atoms with Gasteiger partial charge in [0.2, 0.25) is 15.9 Å². The number of sulfonamides is 1. The third kappa shape index (κ3) is 6.57. The maximum atomic E-state index is 12.0. The Kier molecular flexibility index (Phi) is 8.35. The van der Waals surface area contributed by atoms with Gasteiger partial charge in [0.15, 0.2) is 0 Å². The summed E-state index contributed by atoms with van der Waals surface area (Å²) in [6.07, 6.45) is 4.25. The molecule has 0 unspecified atom stereocenters. The lowest BCUT2D eigenvalue weighted by molar-refractivity contribution is -0.120. The van der Waals surface area contributed by atoms with Crippen LogP contribution >= 0.6 is 11.6 Å². The lowest BCUT2D eigenvalue weighted by atomic mass is 10.2. The molecule has 24 heavy (non-hydrogen) atoms. The van der Waals surface area contributed by atoms with Crippen LogP contribution in [0.1, 0.15) is 32.6 Å². The number of methoxy groups -OCH3 is 1. The van der Waals surface area contributed by atoms with Crippen molar-refractivity contribution in [1.29, 1.82) is 0 Å². The summed E-state index contributed by atoms with van der Waals surface area (Å²) in [6.45, 7) is 2.76. The normalized spacial score (nSPS) is 11.2. The Bertz CT molecular complexity index is 649. The molecular weight excluding hydrogens is 352 g/mol. The van der Waals surface area contributed by atoms with E-state index in [0.717, 1.165) is 25.5 Å². The van der Waals surface area contributed by atoms with E-state index in [0.29, 0.717) is 23.0 Å². The average molecular weight is 377 g/mol. The summed E-state index contributed by atoms with van der Waals surface area (Å²) in [7, 11) is -2.04. The zero-order chi connectivity index (χ0) is 18.2. The molecule has 0 aliphatic rings. The van der Waals surface area contributed by atoms with Gasteiger partial charge in [0.25, 0.3) is 0 Å². The number of hydrogen-bond donors (Lipinski definition) is 1. The quantitative estimate of drug-likeness (QED) is 0.637. The predicted molar refractivity (Wildman–Crippen MR) is 97.3 cm³/mol. The molecule has 1 N–H and O–H groups in total. The highest BCUT2D eigenvalue weighted by molar-refractivity contribution is 7.92. The number of rotatable bonds is 10. The molecule has 0 aliphatic heterocycles. The van der Waals surface area contributed by atoms with E-state index in [-0.39, 0.29) is 18.9 Å². The molecule has 0 saturated carbocycles. The maximum absolute atomic E-state index is 12.0. The molecule has 8 heteroatoms. The van der Waals surface area contributed by atoms with Gasteiger partial charge < -0.3 is 10.1 Å². The molecule has 0 spiro atoms. The predicted octanol–water partition coefficient (Wildman–Crippen LogP) is 2.81. The Morgan fingerprint density at radius 2 is 2.04 bits per heavy atom.